The third kappa shape index (κ3) is 3.76. The van der Waals surface area contributed by atoms with Crippen molar-refractivity contribution in [1.82, 2.24) is 9.80 Å². The summed E-state index contributed by atoms with van der Waals surface area (Å²) < 4.78 is 0. The maximum atomic E-state index is 11.4. The first-order chi connectivity index (χ1) is 6.59. The maximum Gasteiger partial charge on any atom is 0.137 e. The molecule has 1 saturated carbocycles. The van der Waals surface area contributed by atoms with Crippen molar-refractivity contribution in [3.05, 3.63) is 0 Å². The van der Waals surface area contributed by atoms with Gasteiger partial charge in [-0.25, -0.2) is 0 Å². The van der Waals surface area contributed by atoms with Gasteiger partial charge in [0.15, 0.2) is 0 Å². The minimum Gasteiger partial charge on any atom is -0.308 e. The zero-order valence-electron chi connectivity index (χ0n) is 9.62. The standard InChI is InChI=1S/C11H22N2O/c1-12(2)7-8-13(3)9-10-5-4-6-11(10)14/h10H,4-9H2,1-3H3. The van der Waals surface area contributed by atoms with Crippen LogP contribution in [0.5, 0.6) is 0 Å². The Morgan fingerprint density at radius 1 is 1.29 bits per heavy atom. The lowest BCUT2D eigenvalue weighted by atomic mass is 10.1. The van der Waals surface area contributed by atoms with Gasteiger partial charge in [0.1, 0.15) is 5.78 Å². The van der Waals surface area contributed by atoms with Crippen molar-refractivity contribution < 1.29 is 4.79 Å². The van der Waals surface area contributed by atoms with E-state index in [0.29, 0.717) is 11.7 Å². The fourth-order valence-corrected chi connectivity index (χ4v) is 1.92. The summed E-state index contributed by atoms with van der Waals surface area (Å²) in [6, 6.07) is 0. The number of nitrogens with zero attached hydrogens (tertiary/aromatic N) is 2. The lowest BCUT2D eigenvalue weighted by molar-refractivity contribution is -0.121. The molecule has 0 radical (unpaired) electrons. The minimum absolute atomic E-state index is 0.321. The van der Waals surface area contributed by atoms with E-state index in [4.69, 9.17) is 0 Å². The molecule has 0 aromatic rings. The predicted octanol–water partition coefficient (Wildman–Crippen LogP) is 0.849. The summed E-state index contributed by atoms with van der Waals surface area (Å²) in [5, 5.41) is 0. The van der Waals surface area contributed by atoms with Crippen molar-refractivity contribution in [3.63, 3.8) is 0 Å². The molecule has 0 amide bonds. The first-order valence-corrected chi connectivity index (χ1v) is 5.45. The van der Waals surface area contributed by atoms with Gasteiger partial charge in [-0.05, 0) is 34.0 Å². The van der Waals surface area contributed by atoms with Crippen LogP contribution in [0.25, 0.3) is 0 Å². The zero-order valence-corrected chi connectivity index (χ0v) is 9.62. The molecule has 3 nitrogen and oxygen atoms in total. The largest absolute Gasteiger partial charge is 0.308 e. The Morgan fingerprint density at radius 3 is 2.50 bits per heavy atom. The lowest BCUT2D eigenvalue weighted by Gasteiger charge is -2.21. The smallest absolute Gasteiger partial charge is 0.137 e. The number of carbonyl (C=O) groups is 1. The van der Waals surface area contributed by atoms with Gasteiger partial charge in [-0.3, -0.25) is 4.79 Å². The van der Waals surface area contributed by atoms with Gasteiger partial charge in [0.05, 0.1) is 0 Å². The summed E-state index contributed by atoms with van der Waals surface area (Å²) in [5.74, 6) is 0.795. The molecule has 0 aromatic heterocycles. The summed E-state index contributed by atoms with van der Waals surface area (Å²) in [5.41, 5.74) is 0. The van der Waals surface area contributed by atoms with E-state index in [1.54, 1.807) is 0 Å². The fraction of sp³-hybridized carbons (Fsp3) is 0.909. The highest BCUT2D eigenvalue weighted by Crippen LogP contribution is 2.21. The van der Waals surface area contributed by atoms with Crippen molar-refractivity contribution in [2.75, 3.05) is 40.8 Å². The van der Waals surface area contributed by atoms with Gasteiger partial charge < -0.3 is 9.80 Å². The Kier molecular flexibility index (Phi) is 4.55. The van der Waals surface area contributed by atoms with E-state index in [0.717, 1.165) is 38.9 Å². The van der Waals surface area contributed by atoms with E-state index in [1.807, 2.05) is 0 Å². The molecule has 0 bridgehead atoms. The van der Waals surface area contributed by atoms with E-state index in [2.05, 4.69) is 30.9 Å². The molecule has 0 N–H and O–H groups in total. The van der Waals surface area contributed by atoms with Crippen LogP contribution in [0.3, 0.4) is 0 Å². The number of Topliss-reactive ketones (excluding diaryl/α,β-unsaturated/α-hetero) is 1. The number of hydrogen-bond donors (Lipinski definition) is 0. The second-order valence-electron chi connectivity index (χ2n) is 4.62. The molecule has 14 heavy (non-hydrogen) atoms. The van der Waals surface area contributed by atoms with Crippen molar-refractivity contribution >= 4 is 5.78 Å². The van der Waals surface area contributed by atoms with Gasteiger partial charge in [0, 0.05) is 32.0 Å². The SMILES string of the molecule is CN(C)CCN(C)CC1CCCC1=O. The van der Waals surface area contributed by atoms with Crippen LogP contribution in [0, 0.1) is 5.92 Å². The molecule has 0 heterocycles. The monoisotopic (exact) mass is 198 g/mol. The van der Waals surface area contributed by atoms with Crippen LogP contribution < -0.4 is 0 Å². The molecule has 0 spiro atoms. The number of ketones is 1. The van der Waals surface area contributed by atoms with Gasteiger partial charge in [-0.1, -0.05) is 0 Å². The average molecular weight is 198 g/mol. The molecular weight excluding hydrogens is 176 g/mol. The van der Waals surface area contributed by atoms with Crippen LogP contribution in [0.2, 0.25) is 0 Å². The third-order valence-corrected chi connectivity index (χ3v) is 2.89. The van der Waals surface area contributed by atoms with Gasteiger partial charge in [0.25, 0.3) is 0 Å². The highest BCUT2D eigenvalue weighted by atomic mass is 16.1. The highest BCUT2D eigenvalue weighted by molar-refractivity contribution is 5.83. The molecule has 1 rings (SSSR count). The van der Waals surface area contributed by atoms with Gasteiger partial charge in [0.2, 0.25) is 0 Å². The van der Waals surface area contributed by atoms with E-state index < -0.39 is 0 Å². The van der Waals surface area contributed by atoms with Gasteiger partial charge in [-0.15, -0.1) is 0 Å². The minimum atomic E-state index is 0.321. The summed E-state index contributed by atoms with van der Waals surface area (Å²) in [4.78, 5) is 15.9. The quantitative estimate of drug-likeness (QED) is 0.654. The second-order valence-corrected chi connectivity index (χ2v) is 4.62. The maximum absolute atomic E-state index is 11.4. The molecule has 3 heteroatoms. The average Bonchev–Trinajstić information content (AvgIpc) is 2.49. The molecule has 1 aliphatic rings. The Morgan fingerprint density at radius 2 is 2.00 bits per heavy atom. The second kappa shape index (κ2) is 5.47. The van der Waals surface area contributed by atoms with E-state index >= 15 is 0 Å². The van der Waals surface area contributed by atoms with E-state index in [-0.39, 0.29) is 0 Å². The molecule has 1 atom stereocenters. The first-order valence-electron chi connectivity index (χ1n) is 5.45. The molecular formula is C11H22N2O. The third-order valence-electron chi connectivity index (χ3n) is 2.89. The normalized spacial score (nSPS) is 22.6. The van der Waals surface area contributed by atoms with Gasteiger partial charge >= 0.3 is 0 Å². The van der Waals surface area contributed by atoms with Crippen molar-refractivity contribution in [2.45, 2.75) is 19.3 Å². The first kappa shape index (κ1) is 11.7. The van der Waals surface area contributed by atoms with Crippen molar-refractivity contribution in [2.24, 2.45) is 5.92 Å². The Bertz CT molecular complexity index is 192. The molecule has 1 fully saturated rings. The zero-order chi connectivity index (χ0) is 10.6. The van der Waals surface area contributed by atoms with Crippen molar-refractivity contribution in [3.8, 4) is 0 Å². The van der Waals surface area contributed by atoms with E-state index in [9.17, 15) is 4.79 Å². The Labute approximate surface area is 87.1 Å². The molecule has 0 aliphatic heterocycles. The Hall–Kier alpha value is -0.410. The van der Waals surface area contributed by atoms with Gasteiger partial charge in [-0.2, -0.15) is 0 Å². The molecule has 1 unspecified atom stereocenters. The summed E-state index contributed by atoms with van der Waals surface area (Å²) >= 11 is 0. The van der Waals surface area contributed by atoms with Crippen LogP contribution >= 0.6 is 0 Å². The molecule has 0 saturated heterocycles. The molecule has 0 aromatic carbocycles. The number of rotatable bonds is 5. The predicted molar refractivity (Wildman–Crippen MR) is 58.4 cm³/mol. The van der Waals surface area contributed by atoms with Crippen LogP contribution in [-0.4, -0.2) is 56.4 Å². The number of hydrogen-bond acceptors (Lipinski definition) is 3. The number of likely N-dealkylation sites (N-methyl/N-ethyl adjacent to an activating group) is 2. The van der Waals surface area contributed by atoms with Crippen LogP contribution in [-0.2, 0) is 4.79 Å². The topological polar surface area (TPSA) is 23.6 Å². The van der Waals surface area contributed by atoms with Crippen LogP contribution in [0.1, 0.15) is 19.3 Å². The molecule has 82 valence electrons. The fourth-order valence-electron chi connectivity index (χ4n) is 1.92. The summed E-state index contributed by atoms with van der Waals surface area (Å²) in [6.07, 6.45) is 3.02. The van der Waals surface area contributed by atoms with Crippen molar-refractivity contribution in [1.29, 1.82) is 0 Å². The molecule has 1 aliphatic carbocycles. The lowest BCUT2D eigenvalue weighted by Crippen LogP contribution is -2.33. The summed E-state index contributed by atoms with van der Waals surface area (Å²) in [7, 11) is 6.26. The summed E-state index contributed by atoms with van der Waals surface area (Å²) in [6.45, 7) is 3.07. The Balaban J connectivity index is 2.19. The highest BCUT2D eigenvalue weighted by Gasteiger charge is 2.25. The van der Waals surface area contributed by atoms with Crippen LogP contribution in [0.15, 0.2) is 0 Å². The van der Waals surface area contributed by atoms with E-state index in [1.165, 1.54) is 0 Å². The van der Waals surface area contributed by atoms with Crippen LogP contribution in [0.4, 0.5) is 0 Å². The number of carbonyl (C=O) groups excluding carboxylic acids is 1.